The Hall–Kier alpha value is -1.47. The van der Waals surface area contributed by atoms with E-state index in [4.69, 9.17) is 21.7 Å². The van der Waals surface area contributed by atoms with Crippen molar-refractivity contribution in [2.24, 2.45) is 11.7 Å². The average Bonchev–Trinajstić information content (AvgIpc) is 2.56. The summed E-state index contributed by atoms with van der Waals surface area (Å²) in [6.45, 7) is 5.15. The third kappa shape index (κ3) is 8.97. The predicted octanol–water partition coefficient (Wildman–Crippen LogP) is 3.98. The molecule has 1 aromatic carbocycles. The standard InChI is InChI=1S/C17H25NO2S.CH3NOS/c1-12-8-15(9-13(2)16(12)19)11-20-17(21)18-10-14-6-4-3-5-7-14;2-1(3)4/h8-9,14,19H,3-7,10-11H2,1-2H3,(H,18,21);(H3,2,3,4). The fourth-order valence-corrected chi connectivity index (χ4v) is 3.09. The first-order chi connectivity index (χ1) is 11.8. The number of thiocarbonyl (C=S) groups is 1. The van der Waals surface area contributed by atoms with Crippen molar-refractivity contribution >= 4 is 35.3 Å². The van der Waals surface area contributed by atoms with Gasteiger partial charge in [0, 0.05) is 6.54 Å². The highest BCUT2D eigenvalue weighted by molar-refractivity contribution is 7.96. The summed E-state index contributed by atoms with van der Waals surface area (Å²) in [4.78, 5) is 9.09. The van der Waals surface area contributed by atoms with Crippen LogP contribution in [0.4, 0.5) is 4.79 Å². The van der Waals surface area contributed by atoms with Crippen LogP contribution >= 0.6 is 24.8 Å². The number of nitrogens with one attached hydrogen (secondary N) is 1. The molecule has 25 heavy (non-hydrogen) atoms. The minimum Gasteiger partial charge on any atom is -0.507 e. The van der Waals surface area contributed by atoms with Gasteiger partial charge in [0.25, 0.3) is 10.4 Å². The van der Waals surface area contributed by atoms with Gasteiger partial charge in [-0.05, 0) is 73.6 Å². The number of ether oxygens (including phenoxy) is 1. The Balaban J connectivity index is 0.000000705. The largest absolute Gasteiger partial charge is 0.507 e. The third-order valence-electron chi connectivity index (χ3n) is 4.18. The highest BCUT2D eigenvalue weighted by Crippen LogP contribution is 2.24. The molecular formula is C18H28N2O3S2. The summed E-state index contributed by atoms with van der Waals surface area (Å²) in [5.74, 6) is 1.09. The molecule has 1 aromatic rings. The SMILES string of the molecule is Cc1cc(COC(=S)NCC2CCCCC2)cc(C)c1O.NC(=O)S. The van der Waals surface area contributed by atoms with E-state index in [2.05, 4.69) is 23.7 Å². The van der Waals surface area contributed by atoms with E-state index in [0.717, 1.165) is 29.2 Å². The number of nitrogens with two attached hydrogens (primary N) is 1. The lowest BCUT2D eigenvalue weighted by Gasteiger charge is -2.22. The van der Waals surface area contributed by atoms with Crippen LogP contribution in [0.15, 0.2) is 12.1 Å². The molecule has 0 heterocycles. The monoisotopic (exact) mass is 384 g/mol. The molecule has 0 atom stereocenters. The van der Waals surface area contributed by atoms with Crippen molar-refractivity contribution in [3.8, 4) is 5.75 Å². The fraction of sp³-hybridized carbons (Fsp3) is 0.556. The Labute approximate surface area is 160 Å². The number of phenols is 1. The molecule has 1 fully saturated rings. The van der Waals surface area contributed by atoms with Crippen LogP contribution < -0.4 is 11.1 Å². The Morgan fingerprint density at radius 3 is 2.36 bits per heavy atom. The average molecular weight is 385 g/mol. The second kappa shape index (κ2) is 11.2. The number of carbonyl (C=O) groups excluding carboxylic acids is 1. The topological polar surface area (TPSA) is 84.6 Å². The van der Waals surface area contributed by atoms with E-state index in [1.165, 1.54) is 32.1 Å². The Morgan fingerprint density at radius 2 is 1.84 bits per heavy atom. The Bertz CT molecular complexity index is 561. The van der Waals surface area contributed by atoms with Crippen LogP contribution in [0.3, 0.4) is 0 Å². The molecule has 5 nitrogen and oxygen atoms in total. The van der Waals surface area contributed by atoms with E-state index in [9.17, 15) is 5.11 Å². The molecule has 0 bridgehead atoms. The normalized spacial score (nSPS) is 14.2. The Morgan fingerprint density at radius 1 is 1.32 bits per heavy atom. The zero-order chi connectivity index (χ0) is 18.8. The molecule has 0 unspecified atom stereocenters. The van der Waals surface area contributed by atoms with Gasteiger partial charge in [-0.15, -0.1) is 0 Å². The number of aryl methyl sites for hydroxylation is 2. The molecule has 0 aliphatic heterocycles. The molecule has 0 saturated heterocycles. The molecule has 1 saturated carbocycles. The quantitative estimate of drug-likeness (QED) is 0.466. The smallest absolute Gasteiger partial charge is 0.273 e. The van der Waals surface area contributed by atoms with Crippen molar-refractivity contribution in [1.82, 2.24) is 5.32 Å². The first kappa shape index (κ1) is 21.6. The number of primary amides is 1. The van der Waals surface area contributed by atoms with Crippen LogP contribution in [-0.4, -0.2) is 22.1 Å². The maximum Gasteiger partial charge on any atom is 0.273 e. The number of hydrogen-bond donors (Lipinski definition) is 4. The first-order valence-corrected chi connectivity index (χ1v) is 9.33. The zero-order valence-corrected chi connectivity index (χ0v) is 16.6. The molecule has 2 rings (SSSR count). The molecule has 140 valence electrons. The van der Waals surface area contributed by atoms with Gasteiger partial charge in [0.1, 0.15) is 12.4 Å². The van der Waals surface area contributed by atoms with E-state index in [1.807, 2.05) is 26.0 Å². The van der Waals surface area contributed by atoms with E-state index in [1.54, 1.807) is 0 Å². The number of phenolic OH excluding ortho intramolecular Hbond substituents is 1. The number of benzene rings is 1. The maximum absolute atomic E-state index is 9.76. The number of thiol groups is 1. The summed E-state index contributed by atoms with van der Waals surface area (Å²) >= 11 is 8.34. The van der Waals surface area contributed by atoms with Crippen molar-refractivity contribution in [3.05, 3.63) is 28.8 Å². The van der Waals surface area contributed by atoms with Gasteiger partial charge in [-0.3, -0.25) is 4.79 Å². The molecule has 4 N–H and O–H groups in total. The summed E-state index contributed by atoms with van der Waals surface area (Å²) in [5, 5.41) is 12.8. The van der Waals surface area contributed by atoms with Crippen LogP contribution in [0.25, 0.3) is 0 Å². The summed E-state index contributed by atoms with van der Waals surface area (Å²) < 4.78 is 5.61. The second-order valence-electron chi connectivity index (χ2n) is 6.38. The van der Waals surface area contributed by atoms with Gasteiger partial charge in [-0.2, -0.15) is 0 Å². The van der Waals surface area contributed by atoms with Crippen LogP contribution in [0.5, 0.6) is 5.75 Å². The summed E-state index contributed by atoms with van der Waals surface area (Å²) in [7, 11) is 0. The van der Waals surface area contributed by atoms with Gasteiger partial charge in [0.05, 0.1) is 0 Å². The molecule has 1 aliphatic carbocycles. The van der Waals surface area contributed by atoms with Crippen LogP contribution in [0, 0.1) is 19.8 Å². The lowest BCUT2D eigenvalue weighted by atomic mass is 9.89. The highest BCUT2D eigenvalue weighted by Gasteiger charge is 2.13. The maximum atomic E-state index is 9.76. The minimum atomic E-state index is -0.639. The van der Waals surface area contributed by atoms with E-state index in [-0.39, 0.29) is 0 Å². The molecule has 1 aliphatic rings. The van der Waals surface area contributed by atoms with Gasteiger partial charge in [-0.1, -0.05) is 31.9 Å². The van der Waals surface area contributed by atoms with Crippen LogP contribution in [-0.2, 0) is 11.3 Å². The highest BCUT2D eigenvalue weighted by atomic mass is 32.1. The minimum absolute atomic E-state index is 0.358. The van der Waals surface area contributed by atoms with Crippen molar-refractivity contribution in [2.45, 2.75) is 52.6 Å². The van der Waals surface area contributed by atoms with Crippen LogP contribution in [0.1, 0.15) is 48.8 Å². The lowest BCUT2D eigenvalue weighted by molar-refractivity contribution is 0.267. The number of amides is 1. The Kier molecular flexibility index (Phi) is 9.67. The number of hydrogen-bond acceptors (Lipinski definition) is 4. The zero-order valence-electron chi connectivity index (χ0n) is 14.9. The van der Waals surface area contributed by atoms with Crippen molar-refractivity contribution in [1.29, 1.82) is 0 Å². The fourth-order valence-electron chi connectivity index (χ4n) is 2.95. The number of rotatable bonds is 4. The molecular weight excluding hydrogens is 356 g/mol. The molecule has 0 spiro atoms. The van der Waals surface area contributed by atoms with Crippen molar-refractivity contribution < 1.29 is 14.6 Å². The van der Waals surface area contributed by atoms with E-state index in [0.29, 0.717) is 17.5 Å². The first-order valence-electron chi connectivity index (χ1n) is 8.47. The van der Waals surface area contributed by atoms with E-state index >= 15 is 0 Å². The second-order valence-corrected chi connectivity index (χ2v) is 7.19. The van der Waals surface area contributed by atoms with Gasteiger partial charge < -0.3 is 20.9 Å². The molecule has 0 radical (unpaired) electrons. The summed E-state index contributed by atoms with van der Waals surface area (Å²) in [6.07, 6.45) is 6.65. The van der Waals surface area contributed by atoms with Crippen molar-refractivity contribution in [3.63, 3.8) is 0 Å². The molecule has 7 heteroatoms. The third-order valence-corrected chi connectivity index (χ3v) is 4.44. The van der Waals surface area contributed by atoms with Gasteiger partial charge in [0.2, 0.25) is 0 Å². The van der Waals surface area contributed by atoms with Crippen molar-refractivity contribution in [2.75, 3.05) is 6.54 Å². The number of aromatic hydroxyl groups is 1. The van der Waals surface area contributed by atoms with Gasteiger partial charge in [-0.25, -0.2) is 0 Å². The van der Waals surface area contributed by atoms with Crippen LogP contribution in [0.2, 0.25) is 0 Å². The van der Waals surface area contributed by atoms with E-state index < -0.39 is 5.24 Å². The predicted molar refractivity (Wildman–Crippen MR) is 108 cm³/mol. The van der Waals surface area contributed by atoms with Gasteiger partial charge >= 0.3 is 0 Å². The summed E-state index contributed by atoms with van der Waals surface area (Å²) in [6, 6.07) is 3.87. The summed E-state index contributed by atoms with van der Waals surface area (Å²) in [5.41, 5.74) is 7.11. The molecule has 0 aromatic heterocycles. The molecule has 1 amide bonds. The van der Waals surface area contributed by atoms with Gasteiger partial charge in [0.15, 0.2) is 0 Å². The number of carbonyl (C=O) groups is 1. The lowest BCUT2D eigenvalue weighted by Crippen LogP contribution is -2.30.